The van der Waals surface area contributed by atoms with E-state index in [0.29, 0.717) is 54.1 Å². The second kappa shape index (κ2) is 26.8. The zero-order chi connectivity index (χ0) is 62.6. The van der Waals surface area contributed by atoms with Crippen LogP contribution < -0.4 is 35.4 Å². The number of imidazole rings is 2. The number of rotatable bonds is 23. The Balaban J connectivity index is 0.578. The van der Waals surface area contributed by atoms with E-state index in [9.17, 15) is 19.2 Å². The van der Waals surface area contributed by atoms with Gasteiger partial charge in [-0.15, -0.1) is 0 Å². The van der Waals surface area contributed by atoms with Crippen molar-refractivity contribution in [3.8, 4) is 22.9 Å². The van der Waals surface area contributed by atoms with Crippen molar-refractivity contribution >= 4 is 74.5 Å². The number of benzene rings is 6. The van der Waals surface area contributed by atoms with Gasteiger partial charge in [0.1, 0.15) is 30.5 Å². The molecule has 20 heteroatoms. The number of nitrogens with one attached hydrogen (secondary N) is 3. The number of esters is 2. The second-order valence-electron chi connectivity index (χ2n) is 24.3. The van der Waals surface area contributed by atoms with E-state index in [2.05, 4.69) is 77.1 Å². The third-order valence-corrected chi connectivity index (χ3v) is 18.7. The van der Waals surface area contributed by atoms with Crippen LogP contribution in [-0.2, 0) is 58.4 Å². The summed E-state index contributed by atoms with van der Waals surface area (Å²) in [6.45, 7) is 5.17. The van der Waals surface area contributed by atoms with Crippen molar-refractivity contribution in [2.24, 2.45) is 11.8 Å². The number of piperidine rings is 2. The van der Waals surface area contributed by atoms with Crippen LogP contribution in [0, 0.1) is 11.8 Å². The minimum atomic E-state index is -1.23. The van der Waals surface area contributed by atoms with Gasteiger partial charge in [-0.05, 0) is 139 Å². The average Bonchev–Trinajstić information content (AvgIpc) is 1.72. The summed E-state index contributed by atoms with van der Waals surface area (Å²) in [6, 6.07) is 43.8. The first kappa shape index (κ1) is 60.8. The van der Waals surface area contributed by atoms with Crippen molar-refractivity contribution in [2.45, 2.75) is 56.8 Å². The van der Waals surface area contributed by atoms with E-state index < -0.39 is 11.6 Å². The van der Waals surface area contributed by atoms with Gasteiger partial charge in [0.05, 0.1) is 72.4 Å². The highest BCUT2D eigenvalue weighted by Crippen LogP contribution is 2.57. The number of carbonyl (C=O) groups excluding carboxylic acids is 4. The lowest BCUT2D eigenvalue weighted by molar-refractivity contribution is -0.151. The normalized spacial score (nSPS) is 15.6. The lowest BCUT2D eigenvalue weighted by atomic mass is 9.77. The summed E-state index contributed by atoms with van der Waals surface area (Å²) in [5, 5.41) is 13.7. The maximum atomic E-state index is 14.2. The third kappa shape index (κ3) is 12.7. The Bertz CT molecular complexity index is 4070. The summed E-state index contributed by atoms with van der Waals surface area (Å²) in [5.74, 6) is 1.80. The van der Waals surface area contributed by atoms with Crippen LogP contribution in [-0.4, -0.2) is 137 Å². The summed E-state index contributed by atoms with van der Waals surface area (Å²) in [4.78, 5) is 70.9. The number of anilines is 3. The van der Waals surface area contributed by atoms with Crippen molar-refractivity contribution in [3.05, 3.63) is 183 Å². The van der Waals surface area contributed by atoms with Gasteiger partial charge >= 0.3 is 11.9 Å². The maximum absolute atomic E-state index is 14.2. The Morgan fingerprint density at radius 3 is 2.14 bits per heavy atom. The van der Waals surface area contributed by atoms with E-state index in [1.165, 1.54) is 5.56 Å². The molecule has 470 valence electrons. The average molecular weight is 1250 g/mol. The van der Waals surface area contributed by atoms with Crippen LogP contribution in [0.5, 0.6) is 11.5 Å². The Morgan fingerprint density at radius 2 is 1.42 bits per heavy atom. The smallest absolute Gasteiger partial charge is 0.340 e. The fourth-order valence-electron chi connectivity index (χ4n) is 13.2. The molecule has 2 amide bonds. The Kier molecular flexibility index (Phi) is 17.9. The van der Waals surface area contributed by atoms with E-state index in [0.717, 1.165) is 99.9 Å². The van der Waals surface area contributed by atoms with Crippen LogP contribution in [0.1, 0.15) is 75.5 Å². The molecule has 9 aromatic rings. The zero-order valence-corrected chi connectivity index (χ0v) is 52.6. The van der Waals surface area contributed by atoms with Gasteiger partial charge in [0.2, 0.25) is 17.8 Å². The van der Waals surface area contributed by atoms with Gasteiger partial charge in [0.15, 0.2) is 5.60 Å². The first-order valence-corrected chi connectivity index (χ1v) is 32.3. The molecule has 91 heavy (non-hydrogen) atoms. The van der Waals surface area contributed by atoms with E-state index in [1.807, 2.05) is 129 Å². The molecule has 6 aromatic carbocycles. The SMILES string of the molecule is CN(C)c1ccc2c(c1)Oc1cc(N(C)C)ccc1C21OC(=O)c2cc(CC(=O)NCCOCCOCC(=O)NCc3cccc(-c4nc5ccccc5n4[C@H](COC(=O)C4CCN(c5nc6ccccc6n5Cc5ccsc5)CC4)C4CCNCC4)c3)ccc21. The summed E-state index contributed by atoms with van der Waals surface area (Å²) >= 11 is 1.70. The number of carbonyl (C=O) groups is 4. The first-order valence-electron chi connectivity index (χ1n) is 31.4. The molecule has 7 heterocycles. The minimum Gasteiger partial charge on any atom is -0.463 e. The van der Waals surface area contributed by atoms with Gasteiger partial charge in [-0.2, -0.15) is 11.3 Å². The Hall–Kier alpha value is -9.08. The number of hydrogen-bond donors (Lipinski definition) is 3. The van der Waals surface area contributed by atoms with E-state index in [4.69, 9.17) is 33.7 Å². The standard InChI is InChI=1S/C71H76N10O9S/c1-77(2)52-17-20-56-63(39-52)89-64-40-53(78(3)4)18-21-57(64)71(56)55-19-16-46(37-54(55)69(85)90-71)38-65(82)73-29-32-86-33-34-87-44-66(83)74-41-47-10-9-11-51(36-47)67-75-59-13-6-8-15-61(59)81(67)62(49-22-27-72-28-23-49)43-88-68(84)50-24-30-79(31-25-50)70-76-58-12-5-7-14-60(58)80(70)42-48-26-35-91-45-48/h5-21,26,35-37,39-40,45,49-50,62,72H,22-25,27-34,38,41-44H2,1-4H3,(H,73,82)(H,74,83)/t62-/m1/s1. The molecule has 4 aliphatic heterocycles. The van der Waals surface area contributed by atoms with Gasteiger partial charge in [-0.3, -0.25) is 14.4 Å². The predicted octanol–water partition coefficient (Wildman–Crippen LogP) is 9.87. The van der Waals surface area contributed by atoms with Crippen molar-refractivity contribution < 1.29 is 42.9 Å². The summed E-state index contributed by atoms with van der Waals surface area (Å²) in [5.41, 5.74) is 10.8. The molecule has 0 radical (unpaired) electrons. The molecule has 19 nitrogen and oxygen atoms in total. The molecule has 0 aliphatic carbocycles. The largest absolute Gasteiger partial charge is 0.463 e. The Morgan fingerprint density at radius 1 is 0.714 bits per heavy atom. The number of amides is 2. The zero-order valence-electron chi connectivity index (χ0n) is 51.8. The van der Waals surface area contributed by atoms with Gasteiger partial charge in [-0.25, -0.2) is 14.8 Å². The quantitative estimate of drug-likeness (QED) is 0.0404. The predicted molar refractivity (Wildman–Crippen MR) is 352 cm³/mol. The third-order valence-electron chi connectivity index (χ3n) is 18.0. The highest BCUT2D eigenvalue weighted by molar-refractivity contribution is 7.07. The highest BCUT2D eigenvalue weighted by atomic mass is 32.1. The summed E-state index contributed by atoms with van der Waals surface area (Å²) < 4.78 is 35.4. The van der Waals surface area contributed by atoms with E-state index >= 15 is 0 Å². The number of para-hydroxylation sites is 4. The molecule has 1 spiro atoms. The van der Waals surface area contributed by atoms with Crippen LogP contribution >= 0.6 is 11.3 Å². The molecule has 0 bridgehead atoms. The summed E-state index contributed by atoms with van der Waals surface area (Å²) in [7, 11) is 7.85. The van der Waals surface area contributed by atoms with Crippen LogP contribution in [0.4, 0.5) is 17.3 Å². The molecule has 13 rings (SSSR count). The fourth-order valence-corrected chi connectivity index (χ4v) is 13.9. The van der Waals surface area contributed by atoms with Crippen molar-refractivity contribution in [1.82, 2.24) is 35.1 Å². The maximum Gasteiger partial charge on any atom is 0.340 e. The van der Waals surface area contributed by atoms with Crippen LogP contribution in [0.25, 0.3) is 33.5 Å². The van der Waals surface area contributed by atoms with Crippen molar-refractivity contribution in [3.63, 3.8) is 0 Å². The molecule has 4 aliphatic rings. The Labute approximate surface area is 533 Å². The van der Waals surface area contributed by atoms with Crippen molar-refractivity contribution in [1.29, 1.82) is 0 Å². The van der Waals surface area contributed by atoms with E-state index in [-0.39, 0.29) is 88.2 Å². The van der Waals surface area contributed by atoms with E-state index in [1.54, 1.807) is 17.4 Å². The highest BCUT2D eigenvalue weighted by Gasteiger charge is 2.54. The molecule has 0 unspecified atom stereocenters. The molecule has 3 N–H and O–H groups in total. The van der Waals surface area contributed by atoms with Crippen LogP contribution in [0.3, 0.4) is 0 Å². The lowest BCUT2D eigenvalue weighted by Crippen LogP contribution is -2.39. The molecule has 2 fully saturated rings. The monoisotopic (exact) mass is 1240 g/mol. The van der Waals surface area contributed by atoms with Gasteiger partial charge in [0.25, 0.3) is 0 Å². The van der Waals surface area contributed by atoms with Crippen molar-refractivity contribution in [2.75, 3.05) is 109 Å². The van der Waals surface area contributed by atoms with Gasteiger partial charge in [-0.1, -0.05) is 54.6 Å². The first-order chi connectivity index (χ1) is 44.4. The molecule has 3 aromatic heterocycles. The molecular formula is C71H76N10O9S. The number of aromatic nitrogens is 4. The fraction of sp³-hybridized carbons (Fsp3) is 0.352. The second-order valence-corrected chi connectivity index (χ2v) is 25.1. The molecule has 1 atom stereocenters. The van der Waals surface area contributed by atoms with Gasteiger partial charge in [0, 0.05) is 100 Å². The molecular weight excluding hydrogens is 1170 g/mol. The van der Waals surface area contributed by atoms with Crippen LogP contribution in [0.15, 0.2) is 144 Å². The molecule has 2 saturated heterocycles. The summed E-state index contributed by atoms with van der Waals surface area (Å²) in [6.07, 6.45) is 3.27. The number of nitrogens with zero attached hydrogens (tertiary/aromatic N) is 7. The lowest BCUT2D eigenvalue weighted by Gasteiger charge is -2.37. The number of hydrogen-bond acceptors (Lipinski definition) is 16. The van der Waals surface area contributed by atoms with Gasteiger partial charge < -0.3 is 63.5 Å². The number of thiophene rings is 1. The molecule has 0 saturated carbocycles. The minimum absolute atomic E-state index is 0.0515. The topological polar surface area (TPSA) is 196 Å². The number of ether oxygens (including phenoxy) is 5. The van der Waals surface area contributed by atoms with Crippen LogP contribution in [0.2, 0.25) is 0 Å². The number of fused-ring (bicyclic) bond motifs is 8.